The van der Waals surface area contributed by atoms with Crippen LogP contribution < -0.4 is 10.1 Å². The van der Waals surface area contributed by atoms with Crippen LogP contribution in [0.15, 0.2) is 18.2 Å². The largest absolute Gasteiger partial charge is 0.492 e. The molecule has 0 unspecified atom stereocenters. The maximum atomic E-state index is 12.9. The molecule has 14 heavy (non-hydrogen) atoms. The van der Waals surface area contributed by atoms with E-state index in [9.17, 15) is 4.39 Å². The van der Waals surface area contributed by atoms with E-state index < -0.39 is 0 Å². The molecule has 0 radical (unpaired) electrons. The standard InChI is InChI=1S/C11H16FNO/c1-3-7-13-10-6-5-9(12)8-11(10)14-4-2/h5-6,8,13H,3-4,7H2,1-2H3. The molecule has 0 heterocycles. The van der Waals surface area contributed by atoms with Crippen molar-refractivity contribution in [3.63, 3.8) is 0 Å². The van der Waals surface area contributed by atoms with Gasteiger partial charge >= 0.3 is 0 Å². The Hall–Kier alpha value is -1.25. The molecule has 0 saturated carbocycles. The quantitative estimate of drug-likeness (QED) is 0.783. The predicted molar refractivity (Wildman–Crippen MR) is 56.3 cm³/mol. The Morgan fingerprint density at radius 2 is 2.14 bits per heavy atom. The van der Waals surface area contributed by atoms with E-state index in [1.807, 2.05) is 6.92 Å². The highest BCUT2D eigenvalue weighted by molar-refractivity contribution is 5.56. The Balaban J connectivity index is 2.78. The molecule has 0 saturated heterocycles. The summed E-state index contributed by atoms with van der Waals surface area (Å²) in [5.74, 6) is 0.316. The van der Waals surface area contributed by atoms with Gasteiger partial charge in [-0.3, -0.25) is 0 Å². The van der Waals surface area contributed by atoms with Crippen LogP contribution >= 0.6 is 0 Å². The van der Waals surface area contributed by atoms with Crippen LogP contribution in [0, 0.1) is 5.82 Å². The molecular formula is C11H16FNO. The van der Waals surface area contributed by atoms with Gasteiger partial charge in [-0.15, -0.1) is 0 Å². The van der Waals surface area contributed by atoms with Crippen molar-refractivity contribution in [2.75, 3.05) is 18.5 Å². The molecule has 78 valence electrons. The van der Waals surface area contributed by atoms with Gasteiger partial charge < -0.3 is 10.1 Å². The molecule has 0 aliphatic heterocycles. The van der Waals surface area contributed by atoms with Gasteiger partial charge in [0.05, 0.1) is 12.3 Å². The summed E-state index contributed by atoms with van der Waals surface area (Å²) in [5, 5.41) is 3.18. The first-order chi connectivity index (χ1) is 6.77. The summed E-state index contributed by atoms with van der Waals surface area (Å²) in [6.07, 6.45) is 1.03. The fourth-order valence-corrected chi connectivity index (χ4v) is 1.18. The van der Waals surface area contributed by atoms with Crippen molar-refractivity contribution in [2.45, 2.75) is 20.3 Å². The van der Waals surface area contributed by atoms with Crippen molar-refractivity contribution in [1.29, 1.82) is 0 Å². The van der Waals surface area contributed by atoms with Gasteiger partial charge in [0.1, 0.15) is 11.6 Å². The lowest BCUT2D eigenvalue weighted by Gasteiger charge is -2.11. The van der Waals surface area contributed by atoms with Gasteiger partial charge in [-0.25, -0.2) is 4.39 Å². The number of hydrogen-bond donors (Lipinski definition) is 1. The van der Waals surface area contributed by atoms with Gasteiger partial charge in [-0.1, -0.05) is 6.92 Å². The smallest absolute Gasteiger partial charge is 0.145 e. The van der Waals surface area contributed by atoms with E-state index in [2.05, 4.69) is 12.2 Å². The Bertz CT molecular complexity index is 289. The number of nitrogens with one attached hydrogen (secondary N) is 1. The van der Waals surface area contributed by atoms with Crippen molar-refractivity contribution in [3.8, 4) is 5.75 Å². The molecule has 0 spiro atoms. The lowest BCUT2D eigenvalue weighted by atomic mass is 10.2. The topological polar surface area (TPSA) is 21.3 Å². The highest BCUT2D eigenvalue weighted by Crippen LogP contribution is 2.25. The fraction of sp³-hybridized carbons (Fsp3) is 0.455. The van der Waals surface area contributed by atoms with E-state index in [0.717, 1.165) is 18.7 Å². The Labute approximate surface area is 84.1 Å². The summed E-state index contributed by atoms with van der Waals surface area (Å²) >= 11 is 0. The van der Waals surface area contributed by atoms with Crippen molar-refractivity contribution in [1.82, 2.24) is 0 Å². The Morgan fingerprint density at radius 3 is 2.79 bits per heavy atom. The SMILES string of the molecule is CCCNc1ccc(F)cc1OCC. The molecule has 2 nitrogen and oxygen atoms in total. The maximum Gasteiger partial charge on any atom is 0.145 e. The minimum Gasteiger partial charge on any atom is -0.492 e. The van der Waals surface area contributed by atoms with Crippen LogP contribution in [-0.4, -0.2) is 13.2 Å². The average molecular weight is 197 g/mol. The lowest BCUT2D eigenvalue weighted by molar-refractivity contribution is 0.340. The van der Waals surface area contributed by atoms with Crippen LogP contribution in [0.5, 0.6) is 5.75 Å². The summed E-state index contributed by atoms with van der Waals surface area (Å²) in [6.45, 7) is 5.38. The van der Waals surface area contributed by atoms with E-state index in [4.69, 9.17) is 4.74 Å². The van der Waals surface area contributed by atoms with E-state index in [0.29, 0.717) is 12.4 Å². The molecule has 1 aromatic carbocycles. The molecule has 0 amide bonds. The van der Waals surface area contributed by atoms with Crippen LogP contribution in [0.4, 0.5) is 10.1 Å². The monoisotopic (exact) mass is 197 g/mol. The number of anilines is 1. The van der Waals surface area contributed by atoms with Gasteiger partial charge in [0.2, 0.25) is 0 Å². The van der Waals surface area contributed by atoms with Gasteiger partial charge in [0.15, 0.2) is 0 Å². The van der Waals surface area contributed by atoms with E-state index in [-0.39, 0.29) is 5.82 Å². The van der Waals surface area contributed by atoms with Gasteiger partial charge in [0.25, 0.3) is 0 Å². The predicted octanol–water partition coefficient (Wildman–Crippen LogP) is 3.05. The number of rotatable bonds is 5. The highest BCUT2D eigenvalue weighted by Gasteiger charge is 2.03. The molecule has 0 aromatic heterocycles. The second-order valence-corrected chi connectivity index (χ2v) is 3.00. The third-order valence-corrected chi connectivity index (χ3v) is 1.81. The molecule has 1 N–H and O–H groups in total. The van der Waals surface area contributed by atoms with E-state index >= 15 is 0 Å². The second-order valence-electron chi connectivity index (χ2n) is 3.00. The molecule has 1 aromatic rings. The first kappa shape index (κ1) is 10.8. The third kappa shape index (κ3) is 2.91. The normalized spacial score (nSPS) is 9.93. The Kier molecular flexibility index (Phi) is 4.23. The number of halogens is 1. The molecule has 0 aliphatic rings. The lowest BCUT2D eigenvalue weighted by Crippen LogP contribution is -2.03. The summed E-state index contributed by atoms with van der Waals surface area (Å²) in [5.41, 5.74) is 0.857. The second kappa shape index (κ2) is 5.47. The van der Waals surface area contributed by atoms with E-state index in [1.165, 1.54) is 12.1 Å². The van der Waals surface area contributed by atoms with Crippen molar-refractivity contribution < 1.29 is 9.13 Å². The van der Waals surface area contributed by atoms with Gasteiger partial charge in [-0.2, -0.15) is 0 Å². The summed E-state index contributed by atoms with van der Waals surface area (Å²) in [7, 11) is 0. The van der Waals surface area contributed by atoms with Gasteiger partial charge in [0, 0.05) is 12.6 Å². The maximum absolute atomic E-state index is 12.9. The molecule has 1 rings (SSSR count). The van der Waals surface area contributed by atoms with Crippen molar-refractivity contribution in [3.05, 3.63) is 24.0 Å². The molecular weight excluding hydrogens is 181 g/mol. The average Bonchev–Trinajstić information content (AvgIpc) is 2.17. The van der Waals surface area contributed by atoms with Crippen LogP contribution in [0.2, 0.25) is 0 Å². The van der Waals surface area contributed by atoms with Crippen LogP contribution in [-0.2, 0) is 0 Å². The molecule has 0 aliphatic carbocycles. The zero-order valence-electron chi connectivity index (χ0n) is 8.64. The minimum atomic E-state index is -0.268. The van der Waals surface area contributed by atoms with Crippen molar-refractivity contribution in [2.24, 2.45) is 0 Å². The highest BCUT2D eigenvalue weighted by atomic mass is 19.1. The minimum absolute atomic E-state index is 0.268. The van der Waals surface area contributed by atoms with Crippen LogP contribution in [0.1, 0.15) is 20.3 Å². The first-order valence-electron chi connectivity index (χ1n) is 4.94. The summed E-state index contributed by atoms with van der Waals surface area (Å²) in [4.78, 5) is 0. The zero-order chi connectivity index (χ0) is 10.4. The number of benzene rings is 1. The van der Waals surface area contributed by atoms with Gasteiger partial charge in [-0.05, 0) is 25.5 Å². The van der Waals surface area contributed by atoms with Crippen LogP contribution in [0.25, 0.3) is 0 Å². The summed E-state index contributed by atoms with van der Waals surface area (Å²) < 4.78 is 18.2. The molecule has 0 bridgehead atoms. The van der Waals surface area contributed by atoms with E-state index in [1.54, 1.807) is 6.07 Å². The third-order valence-electron chi connectivity index (χ3n) is 1.81. The van der Waals surface area contributed by atoms with Crippen LogP contribution in [0.3, 0.4) is 0 Å². The molecule has 0 fully saturated rings. The first-order valence-corrected chi connectivity index (χ1v) is 4.94. The van der Waals surface area contributed by atoms with Crippen molar-refractivity contribution >= 4 is 5.69 Å². The zero-order valence-corrected chi connectivity index (χ0v) is 8.64. The number of hydrogen-bond acceptors (Lipinski definition) is 2. The fourth-order valence-electron chi connectivity index (χ4n) is 1.18. The summed E-state index contributed by atoms with van der Waals surface area (Å²) in [6, 6.07) is 4.54. The Morgan fingerprint density at radius 1 is 1.36 bits per heavy atom. The molecule has 3 heteroatoms. The molecule has 0 atom stereocenters. The number of ether oxygens (including phenoxy) is 1.